The van der Waals surface area contributed by atoms with Crippen molar-refractivity contribution in [2.24, 2.45) is 0 Å². The molecule has 144 valence electrons. The van der Waals surface area contributed by atoms with Gasteiger partial charge in [-0.1, -0.05) is 12.1 Å². The maximum Gasteiger partial charge on any atom is 0.230 e. The summed E-state index contributed by atoms with van der Waals surface area (Å²) in [6.07, 6.45) is 5.40. The lowest BCUT2D eigenvalue weighted by Gasteiger charge is -2.19. The molecule has 0 fully saturated rings. The number of ether oxygens (including phenoxy) is 2. The molecule has 6 nitrogen and oxygen atoms in total. The average Bonchev–Trinajstić information content (AvgIpc) is 3.27. The number of carbonyl (C=O) groups is 1. The highest BCUT2D eigenvalue weighted by Crippen LogP contribution is 2.34. The van der Waals surface area contributed by atoms with E-state index in [9.17, 15) is 4.79 Å². The molecule has 1 aliphatic heterocycles. The van der Waals surface area contributed by atoms with Crippen LogP contribution in [0.5, 0.6) is 11.5 Å². The summed E-state index contributed by atoms with van der Waals surface area (Å²) in [6.45, 7) is 3.11. The van der Waals surface area contributed by atoms with Crippen LogP contribution < -0.4 is 14.8 Å². The van der Waals surface area contributed by atoms with Gasteiger partial charge in [-0.15, -0.1) is 11.8 Å². The average molecular weight is 395 g/mol. The Balaban J connectivity index is 1.31. The van der Waals surface area contributed by atoms with Gasteiger partial charge in [0.05, 0.1) is 18.1 Å². The van der Waals surface area contributed by atoms with E-state index in [1.807, 2.05) is 60.2 Å². The van der Waals surface area contributed by atoms with E-state index in [0.717, 1.165) is 27.6 Å². The fraction of sp³-hybridized carbons (Fsp3) is 0.238. The lowest BCUT2D eigenvalue weighted by Crippen LogP contribution is -2.28. The fourth-order valence-corrected chi connectivity index (χ4v) is 3.71. The largest absolute Gasteiger partial charge is 0.486 e. The summed E-state index contributed by atoms with van der Waals surface area (Å²) >= 11 is 1.48. The number of nitrogens with zero attached hydrogens (tertiary/aromatic N) is 2. The van der Waals surface area contributed by atoms with E-state index < -0.39 is 0 Å². The number of hydrogen-bond acceptors (Lipinski definition) is 5. The summed E-state index contributed by atoms with van der Waals surface area (Å²) in [7, 11) is 0. The SMILES string of the molecule is CC(NC(=O)CSc1ccc2c(c1)OCCO2)c1ccc(-n2ccnc2)cc1. The van der Waals surface area contributed by atoms with Crippen LogP contribution in [0.25, 0.3) is 5.69 Å². The number of nitrogens with one attached hydrogen (secondary N) is 1. The highest BCUT2D eigenvalue weighted by atomic mass is 32.2. The molecule has 7 heteroatoms. The minimum atomic E-state index is -0.0646. The molecule has 1 aromatic heterocycles. The second-order valence-corrected chi connectivity index (χ2v) is 7.49. The van der Waals surface area contributed by atoms with Crippen molar-refractivity contribution >= 4 is 17.7 Å². The molecule has 1 atom stereocenters. The molecule has 0 bridgehead atoms. The predicted molar refractivity (Wildman–Crippen MR) is 108 cm³/mol. The van der Waals surface area contributed by atoms with Crippen LogP contribution in [0.15, 0.2) is 66.1 Å². The number of amides is 1. The minimum absolute atomic E-state index is 0.00826. The lowest BCUT2D eigenvalue weighted by atomic mass is 10.1. The molecular weight excluding hydrogens is 374 g/mol. The third kappa shape index (κ3) is 4.31. The highest BCUT2D eigenvalue weighted by Gasteiger charge is 2.14. The molecule has 28 heavy (non-hydrogen) atoms. The van der Waals surface area contributed by atoms with Gasteiger partial charge in [0.2, 0.25) is 5.91 Å². The molecule has 2 heterocycles. The van der Waals surface area contributed by atoms with Gasteiger partial charge in [-0.25, -0.2) is 4.98 Å². The van der Waals surface area contributed by atoms with Gasteiger partial charge < -0.3 is 19.4 Å². The third-order valence-corrected chi connectivity index (χ3v) is 5.45. The van der Waals surface area contributed by atoms with Gasteiger partial charge in [-0.05, 0) is 42.8 Å². The molecule has 0 saturated carbocycles. The normalized spacial score (nSPS) is 13.8. The number of imidazole rings is 1. The second-order valence-electron chi connectivity index (χ2n) is 6.44. The number of carbonyl (C=O) groups excluding carboxylic acids is 1. The van der Waals surface area contributed by atoms with Crippen molar-refractivity contribution in [3.63, 3.8) is 0 Å². The van der Waals surface area contributed by atoms with Crippen LogP contribution in [-0.4, -0.2) is 34.4 Å². The maximum absolute atomic E-state index is 12.3. The molecule has 1 N–H and O–H groups in total. The van der Waals surface area contributed by atoms with Crippen molar-refractivity contribution in [1.82, 2.24) is 14.9 Å². The van der Waals surface area contributed by atoms with Crippen molar-refractivity contribution in [3.05, 3.63) is 66.7 Å². The first kappa shape index (κ1) is 18.4. The van der Waals surface area contributed by atoms with E-state index in [1.165, 1.54) is 11.8 Å². The second kappa shape index (κ2) is 8.39. The van der Waals surface area contributed by atoms with Gasteiger partial charge in [0, 0.05) is 23.0 Å². The van der Waals surface area contributed by atoms with E-state index in [4.69, 9.17) is 9.47 Å². The standard InChI is InChI=1S/C21H21N3O3S/c1-15(16-2-4-17(5-3-16)24-9-8-22-14-24)23-21(25)13-28-18-6-7-19-20(12-18)27-11-10-26-19/h2-9,12,14-15H,10-11,13H2,1H3,(H,23,25). The van der Waals surface area contributed by atoms with Crippen LogP contribution in [0.4, 0.5) is 0 Å². The van der Waals surface area contributed by atoms with Gasteiger partial charge in [-0.2, -0.15) is 0 Å². The number of fused-ring (bicyclic) bond motifs is 1. The van der Waals surface area contributed by atoms with Crippen molar-refractivity contribution in [1.29, 1.82) is 0 Å². The van der Waals surface area contributed by atoms with Crippen molar-refractivity contribution in [2.45, 2.75) is 17.9 Å². The quantitative estimate of drug-likeness (QED) is 0.646. The Labute approximate surface area is 167 Å². The summed E-state index contributed by atoms with van der Waals surface area (Å²) in [4.78, 5) is 17.4. The molecule has 0 spiro atoms. The first-order chi connectivity index (χ1) is 13.7. The van der Waals surface area contributed by atoms with E-state index in [1.54, 1.807) is 12.5 Å². The summed E-state index contributed by atoms with van der Waals surface area (Å²) in [5.74, 6) is 1.83. The van der Waals surface area contributed by atoms with Gasteiger partial charge in [0.1, 0.15) is 13.2 Å². The lowest BCUT2D eigenvalue weighted by molar-refractivity contribution is -0.119. The Morgan fingerprint density at radius 2 is 1.96 bits per heavy atom. The van der Waals surface area contributed by atoms with Crippen LogP contribution in [0.2, 0.25) is 0 Å². The summed E-state index contributed by atoms with van der Waals surface area (Å²) in [6, 6.07) is 13.8. The van der Waals surface area contributed by atoms with Crippen LogP contribution >= 0.6 is 11.8 Å². The third-order valence-electron chi connectivity index (χ3n) is 4.46. The van der Waals surface area contributed by atoms with Crippen molar-refractivity contribution in [3.8, 4) is 17.2 Å². The zero-order valence-corrected chi connectivity index (χ0v) is 16.3. The first-order valence-electron chi connectivity index (χ1n) is 9.09. The molecule has 3 aromatic rings. The number of rotatable bonds is 6. The predicted octanol–water partition coefficient (Wildman–Crippen LogP) is 3.61. The molecular formula is C21H21N3O3S. The summed E-state index contributed by atoms with van der Waals surface area (Å²) in [5.41, 5.74) is 2.09. The molecule has 1 aliphatic rings. The number of benzene rings is 2. The first-order valence-corrected chi connectivity index (χ1v) is 10.1. The van der Waals surface area contributed by atoms with E-state index in [0.29, 0.717) is 19.0 Å². The summed E-state index contributed by atoms with van der Waals surface area (Å²) < 4.78 is 13.0. The fourth-order valence-electron chi connectivity index (χ4n) is 2.98. The zero-order valence-electron chi connectivity index (χ0n) is 15.5. The van der Waals surface area contributed by atoms with Gasteiger partial charge >= 0.3 is 0 Å². The van der Waals surface area contributed by atoms with Gasteiger partial charge in [0.15, 0.2) is 11.5 Å². The Hall–Kier alpha value is -2.93. The van der Waals surface area contributed by atoms with Crippen LogP contribution in [0, 0.1) is 0 Å². The van der Waals surface area contributed by atoms with Crippen molar-refractivity contribution in [2.75, 3.05) is 19.0 Å². The maximum atomic E-state index is 12.3. The number of thioether (sulfide) groups is 1. The zero-order chi connectivity index (χ0) is 19.3. The molecule has 2 aromatic carbocycles. The van der Waals surface area contributed by atoms with Gasteiger partial charge in [0.25, 0.3) is 0 Å². The highest BCUT2D eigenvalue weighted by molar-refractivity contribution is 8.00. The Bertz CT molecular complexity index is 942. The van der Waals surface area contributed by atoms with Gasteiger partial charge in [-0.3, -0.25) is 4.79 Å². The summed E-state index contributed by atoms with van der Waals surface area (Å²) in [5, 5.41) is 3.05. The smallest absolute Gasteiger partial charge is 0.230 e. The van der Waals surface area contributed by atoms with Crippen molar-refractivity contribution < 1.29 is 14.3 Å². The Kier molecular flexibility index (Phi) is 5.53. The Morgan fingerprint density at radius 1 is 1.18 bits per heavy atom. The van der Waals surface area contributed by atoms with Crippen LogP contribution in [0.3, 0.4) is 0 Å². The molecule has 1 unspecified atom stereocenters. The van der Waals surface area contributed by atoms with E-state index in [-0.39, 0.29) is 11.9 Å². The topological polar surface area (TPSA) is 65.4 Å². The number of aromatic nitrogens is 2. The van der Waals surface area contributed by atoms with Crippen LogP contribution in [0.1, 0.15) is 18.5 Å². The number of hydrogen-bond donors (Lipinski definition) is 1. The molecule has 0 aliphatic carbocycles. The molecule has 0 radical (unpaired) electrons. The monoisotopic (exact) mass is 395 g/mol. The molecule has 4 rings (SSSR count). The molecule has 1 amide bonds. The molecule has 0 saturated heterocycles. The van der Waals surface area contributed by atoms with E-state index in [2.05, 4.69) is 10.3 Å². The van der Waals surface area contributed by atoms with E-state index >= 15 is 0 Å². The minimum Gasteiger partial charge on any atom is -0.486 e. The van der Waals surface area contributed by atoms with Crippen LogP contribution in [-0.2, 0) is 4.79 Å². The Morgan fingerprint density at radius 3 is 2.71 bits per heavy atom.